The van der Waals surface area contributed by atoms with Crippen molar-refractivity contribution in [1.82, 2.24) is 4.90 Å². The third-order valence-electron chi connectivity index (χ3n) is 4.38. The van der Waals surface area contributed by atoms with Gasteiger partial charge in [-0.25, -0.2) is 4.98 Å². The smallest absolute Gasteiger partial charge is 0.233 e. The maximum atomic E-state index is 12.5. The fraction of sp³-hybridized carbons (Fsp3) is 0.368. The number of anilines is 1. The second-order valence-corrected chi connectivity index (χ2v) is 7.20. The van der Waals surface area contributed by atoms with Gasteiger partial charge in [-0.05, 0) is 25.5 Å². The molecular weight excluding hydrogens is 318 g/mol. The molecule has 1 aliphatic rings. The van der Waals surface area contributed by atoms with Crippen molar-refractivity contribution < 1.29 is 9.78 Å². The first kappa shape index (κ1) is 16.8. The summed E-state index contributed by atoms with van der Waals surface area (Å²) in [4.78, 5) is 21.0. The molecule has 0 atom stereocenters. The summed E-state index contributed by atoms with van der Waals surface area (Å²) in [6.07, 6.45) is 3.88. The normalized spacial score (nSPS) is 14.8. The van der Waals surface area contributed by atoms with Crippen LogP contribution in [-0.4, -0.2) is 42.7 Å². The third-order valence-corrected chi connectivity index (χ3v) is 5.54. The second-order valence-electron chi connectivity index (χ2n) is 6.18. The number of H-pyrrole nitrogens is 1. The molecule has 1 aliphatic heterocycles. The average Bonchev–Trinajstić information content (AvgIpc) is 2.62. The van der Waals surface area contributed by atoms with Crippen LogP contribution in [0.1, 0.15) is 11.1 Å². The number of amides is 1. The minimum absolute atomic E-state index is 0.237. The lowest BCUT2D eigenvalue weighted by Crippen LogP contribution is -2.49. The molecule has 3 rings (SSSR count). The molecule has 1 aromatic carbocycles. The molecule has 1 fully saturated rings. The molecule has 2 heterocycles. The van der Waals surface area contributed by atoms with Gasteiger partial charge in [0.2, 0.25) is 5.91 Å². The molecule has 0 aliphatic carbocycles. The van der Waals surface area contributed by atoms with Crippen molar-refractivity contribution in [3.8, 4) is 0 Å². The number of nitrogens with one attached hydrogen (secondary N) is 1. The number of piperazine rings is 1. The lowest BCUT2D eigenvalue weighted by molar-refractivity contribution is -0.377. The number of pyridine rings is 1. The number of hydrogen-bond donors (Lipinski definition) is 0. The number of carbonyl (C=O) groups excluding carboxylic acids is 1. The Morgan fingerprint density at radius 1 is 1.08 bits per heavy atom. The van der Waals surface area contributed by atoms with Crippen molar-refractivity contribution in [3.05, 3.63) is 53.9 Å². The largest absolute Gasteiger partial charge is 0.368 e. The van der Waals surface area contributed by atoms with Gasteiger partial charge in [0.25, 0.3) is 0 Å². The predicted molar refractivity (Wildman–Crippen MR) is 98.4 cm³/mol. The zero-order valence-corrected chi connectivity index (χ0v) is 15.1. The summed E-state index contributed by atoms with van der Waals surface area (Å²) in [5.41, 5.74) is 3.72. The lowest BCUT2D eigenvalue weighted by Gasteiger charge is -2.35. The van der Waals surface area contributed by atoms with Crippen LogP contribution in [0.5, 0.6) is 0 Å². The Balaban J connectivity index is 1.50. The van der Waals surface area contributed by atoms with E-state index in [0.717, 1.165) is 26.2 Å². The summed E-state index contributed by atoms with van der Waals surface area (Å²) in [7, 11) is 0. The molecular formula is C19H24N3OS+. The van der Waals surface area contributed by atoms with Crippen molar-refractivity contribution in [1.29, 1.82) is 0 Å². The number of aromatic amines is 1. The summed E-state index contributed by atoms with van der Waals surface area (Å²) in [5.74, 6) is 0.755. The number of carbonyl (C=O) groups is 1. The van der Waals surface area contributed by atoms with Gasteiger partial charge in [-0.3, -0.25) is 4.79 Å². The average molecular weight is 342 g/mol. The van der Waals surface area contributed by atoms with E-state index in [1.54, 1.807) is 11.8 Å². The van der Waals surface area contributed by atoms with Gasteiger partial charge < -0.3 is 9.80 Å². The Bertz CT molecular complexity index is 697. The summed E-state index contributed by atoms with van der Waals surface area (Å²) >= 11 is 1.65. The van der Waals surface area contributed by atoms with Crippen molar-refractivity contribution >= 4 is 23.4 Å². The standard InChI is InChI=1S/C19H23N3OS/c1-15-3-4-18(16(2)13-15)24-14-19(23)22-11-9-21(10-12-22)17-5-7-20-8-6-17/h3-8,13H,9-12,14H2,1-2H3/p+1. The van der Waals surface area contributed by atoms with E-state index in [4.69, 9.17) is 0 Å². The van der Waals surface area contributed by atoms with Crippen LogP contribution in [0.15, 0.2) is 47.6 Å². The van der Waals surface area contributed by atoms with Crippen LogP contribution in [0.25, 0.3) is 0 Å². The molecule has 0 radical (unpaired) electrons. The van der Waals surface area contributed by atoms with Crippen LogP contribution in [0.4, 0.5) is 5.69 Å². The molecule has 1 amide bonds. The van der Waals surface area contributed by atoms with E-state index in [1.165, 1.54) is 21.7 Å². The zero-order chi connectivity index (χ0) is 16.9. The fourth-order valence-electron chi connectivity index (χ4n) is 3.00. The summed E-state index contributed by atoms with van der Waals surface area (Å²) < 4.78 is 0. The first-order valence-corrected chi connectivity index (χ1v) is 9.31. The quantitative estimate of drug-likeness (QED) is 0.802. The highest BCUT2D eigenvalue weighted by Gasteiger charge is 2.21. The van der Waals surface area contributed by atoms with Gasteiger partial charge in [0.05, 0.1) is 5.75 Å². The molecule has 126 valence electrons. The fourth-order valence-corrected chi connectivity index (χ4v) is 3.91. The molecule has 5 heteroatoms. The van der Waals surface area contributed by atoms with Crippen LogP contribution in [0.3, 0.4) is 0 Å². The van der Waals surface area contributed by atoms with Crippen LogP contribution < -0.4 is 9.88 Å². The predicted octanol–water partition coefficient (Wildman–Crippen LogP) is 2.56. The van der Waals surface area contributed by atoms with Gasteiger partial charge in [-0.1, -0.05) is 17.7 Å². The Kier molecular flexibility index (Phi) is 5.41. The number of aromatic nitrogens is 1. The number of aryl methyl sites for hydroxylation is 2. The molecule has 2 aromatic rings. The summed E-state index contributed by atoms with van der Waals surface area (Å²) in [5, 5.41) is 0. The highest BCUT2D eigenvalue weighted by atomic mass is 32.2. The van der Waals surface area contributed by atoms with E-state index >= 15 is 0 Å². The lowest BCUT2D eigenvalue weighted by atomic mass is 10.2. The maximum absolute atomic E-state index is 12.5. The number of benzene rings is 1. The molecule has 0 saturated carbocycles. The Hall–Kier alpha value is -2.01. The van der Waals surface area contributed by atoms with E-state index in [0.29, 0.717) is 5.75 Å². The van der Waals surface area contributed by atoms with Crippen LogP contribution >= 0.6 is 11.8 Å². The minimum Gasteiger partial charge on any atom is -0.368 e. The Morgan fingerprint density at radius 3 is 2.46 bits per heavy atom. The molecule has 1 aromatic heterocycles. The van der Waals surface area contributed by atoms with Crippen molar-refractivity contribution in [3.63, 3.8) is 0 Å². The van der Waals surface area contributed by atoms with E-state index in [1.807, 2.05) is 17.3 Å². The maximum Gasteiger partial charge on any atom is 0.233 e. The first-order valence-electron chi connectivity index (χ1n) is 8.32. The SMILES string of the molecule is Cc1ccc(SCC(=O)N2CCN(c3cc[nH+]cc3)CC2)c(C)c1. The van der Waals surface area contributed by atoms with Crippen molar-refractivity contribution in [2.24, 2.45) is 0 Å². The second kappa shape index (κ2) is 7.71. The molecule has 24 heavy (non-hydrogen) atoms. The topological polar surface area (TPSA) is 37.7 Å². The van der Waals surface area contributed by atoms with Gasteiger partial charge in [0.1, 0.15) is 0 Å². The van der Waals surface area contributed by atoms with Gasteiger partial charge >= 0.3 is 0 Å². The number of hydrogen-bond acceptors (Lipinski definition) is 3. The highest BCUT2D eigenvalue weighted by molar-refractivity contribution is 8.00. The molecule has 0 unspecified atom stereocenters. The molecule has 1 saturated heterocycles. The summed E-state index contributed by atoms with van der Waals surface area (Å²) in [6.45, 7) is 7.58. The monoisotopic (exact) mass is 342 g/mol. The van der Waals surface area contributed by atoms with E-state index < -0.39 is 0 Å². The summed E-state index contributed by atoms with van der Waals surface area (Å²) in [6, 6.07) is 10.5. The first-order chi connectivity index (χ1) is 11.6. The molecule has 4 nitrogen and oxygen atoms in total. The molecule has 0 spiro atoms. The van der Waals surface area contributed by atoms with E-state index in [9.17, 15) is 4.79 Å². The molecule has 1 N–H and O–H groups in total. The van der Waals surface area contributed by atoms with Crippen molar-refractivity contribution in [2.75, 3.05) is 36.8 Å². The van der Waals surface area contributed by atoms with E-state index in [-0.39, 0.29) is 5.91 Å². The van der Waals surface area contributed by atoms with Gasteiger partial charge in [-0.15, -0.1) is 11.8 Å². The Morgan fingerprint density at radius 2 is 1.79 bits per heavy atom. The highest BCUT2D eigenvalue weighted by Crippen LogP contribution is 2.24. The van der Waals surface area contributed by atoms with E-state index in [2.05, 4.69) is 54.1 Å². The Labute approximate surface area is 147 Å². The minimum atomic E-state index is 0.237. The van der Waals surface area contributed by atoms with Crippen molar-refractivity contribution in [2.45, 2.75) is 18.7 Å². The number of thioether (sulfide) groups is 1. The third kappa shape index (κ3) is 4.09. The van der Waals surface area contributed by atoms with Crippen LogP contribution in [0, 0.1) is 13.8 Å². The van der Waals surface area contributed by atoms with Gasteiger partial charge in [-0.2, -0.15) is 0 Å². The zero-order valence-electron chi connectivity index (χ0n) is 14.3. The van der Waals surface area contributed by atoms with Gasteiger partial charge in [0, 0.05) is 48.9 Å². The van der Waals surface area contributed by atoms with Gasteiger partial charge in [0.15, 0.2) is 12.4 Å². The molecule has 0 bridgehead atoms. The number of nitrogens with zero attached hydrogens (tertiary/aromatic N) is 2. The number of rotatable bonds is 4. The van der Waals surface area contributed by atoms with Crippen LogP contribution in [0.2, 0.25) is 0 Å². The van der Waals surface area contributed by atoms with Crippen LogP contribution in [-0.2, 0) is 4.79 Å².